The number of fused-ring (bicyclic) bond motifs is 1. The first-order chi connectivity index (χ1) is 12.4. The number of aliphatic carboxylic acids is 1. The second kappa shape index (κ2) is 7.66. The molecule has 7 heteroatoms. The summed E-state index contributed by atoms with van der Waals surface area (Å²) in [5.74, 6) is -1.51. The van der Waals surface area contributed by atoms with Crippen molar-refractivity contribution in [2.24, 2.45) is 0 Å². The zero-order chi connectivity index (χ0) is 18.8. The predicted octanol–water partition coefficient (Wildman–Crippen LogP) is 3.40. The van der Waals surface area contributed by atoms with Crippen LogP contribution in [-0.4, -0.2) is 28.1 Å². The van der Waals surface area contributed by atoms with Crippen LogP contribution >= 0.6 is 23.2 Å². The normalized spacial score (nSPS) is 17.3. The molecule has 2 atom stereocenters. The van der Waals surface area contributed by atoms with Crippen LogP contribution in [0.3, 0.4) is 0 Å². The van der Waals surface area contributed by atoms with Gasteiger partial charge in [-0.2, -0.15) is 0 Å². The van der Waals surface area contributed by atoms with Gasteiger partial charge in [-0.05, 0) is 54.2 Å². The largest absolute Gasteiger partial charge is 0.479 e. The molecule has 1 amide bonds. The molecule has 0 saturated heterocycles. The molecule has 0 fully saturated rings. The average molecular weight is 394 g/mol. The van der Waals surface area contributed by atoms with Crippen LogP contribution in [0.5, 0.6) is 0 Å². The van der Waals surface area contributed by atoms with Gasteiger partial charge in [-0.1, -0.05) is 41.4 Å². The summed E-state index contributed by atoms with van der Waals surface area (Å²) in [5.41, 5.74) is 2.64. The Hall–Kier alpha value is -2.08. The Morgan fingerprint density at radius 3 is 2.62 bits per heavy atom. The van der Waals surface area contributed by atoms with Crippen molar-refractivity contribution in [2.75, 3.05) is 0 Å². The molecule has 3 rings (SSSR count). The molecule has 0 radical (unpaired) electrons. The molecular formula is C19H17Cl2NO4. The van der Waals surface area contributed by atoms with Crippen molar-refractivity contribution in [2.45, 2.75) is 31.4 Å². The first-order valence-corrected chi connectivity index (χ1v) is 8.90. The van der Waals surface area contributed by atoms with E-state index in [1.165, 1.54) is 6.07 Å². The summed E-state index contributed by atoms with van der Waals surface area (Å²) in [5, 5.41) is 22.6. The average Bonchev–Trinajstić information content (AvgIpc) is 2.62. The minimum atomic E-state index is -1.53. The van der Waals surface area contributed by atoms with E-state index in [2.05, 4.69) is 5.32 Å². The molecule has 26 heavy (non-hydrogen) atoms. The van der Waals surface area contributed by atoms with Crippen LogP contribution in [0, 0.1) is 0 Å². The number of rotatable bonds is 4. The van der Waals surface area contributed by atoms with Gasteiger partial charge in [0.05, 0.1) is 10.0 Å². The van der Waals surface area contributed by atoms with Crippen LogP contribution in [0.2, 0.25) is 10.0 Å². The fraction of sp³-hybridized carbons (Fsp3) is 0.263. The van der Waals surface area contributed by atoms with Crippen molar-refractivity contribution >= 4 is 35.1 Å². The Balaban J connectivity index is 1.74. The number of amides is 1. The van der Waals surface area contributed by atoms with Gasteiger partial charge in [0, 0.05) is 11.6 Å². The van der Waals surface area contributed by atoms with E-state index in [1.54, 1.807) is 24.3 Å². The van der Waals surface area contributed by atoms with Crippen LogP contribution in [0.1, 0.15) is 39.6 Å². The van der Waals surface area contributed by atoms with Crippen molar-refractivity contribution in [3.63, 3.8) is 0 Å². The smallest absolute Gasteiger partial charge is 0.337 e. The summed E-state index contributed by atoms with van der Waals surface area (Å²) in [4.78, 5) is 23.5. The molecule has 1 aliphatic rings. The number of carbonyl (C=O) groups excluding carboxylic acids is 1. The minimum absolute atomic E-state index is 0.0818. The molecule has 136 valence electrons. The molecule has 0 aromatic heterocycles. The number of carboxylic acids is 1. The topological polar surface area (TPSA) is 86.6 Å². The van der Waals surface area contributed by atoms with Crippen LogP contribution in [0.4, 0.5) is 0 Å². The highest BCUT2D eigenvalue weighted by atomic mass is 35.5. The van der Waals surface area contributed by atoms with Crippen molar-refractivity contribution in [1.82, 2.24) is 5.32 Å². The summed E-state index contributed by atoms with van der Waals surface area (Å²) < 4.78 is 0. The third-order valence-corrected chi connectivity index (χ3v) is 5.30. The van der Waals surface area contributed by atoms with Gasteiger partial charge < -0.3 is 15.5 Å². The van der Waals surface area contributed by atoms with Gasteiger partial charge in [-0.3, -0.25) is 4.79 Å². The Bertz CT molecular complexity index is 869. The number of nitrogens with one attached hydrogen (secondary N) is 1. The summed E-state index contributed by atoms with van der Waals surface area (Å²) in [6, 6.07) is 9.88. The van der Waals surface area contributed by atoms with Crippen molar-refractivity contribution < 1.29 is 19.8 Å². The maximum Gasteiger partial charge on any atom is 0.337 e. The number of hydrogen-bond donors (Lipinski definition) is 3. The highest BCUT2D eigenvalue weighted by Crippen LogP contribution is 2.29. The molecule has 0 spiro atoms. The van der Waals surface area contributed by atoms with Crippen molar-refractivity contribution in [1.29, 1.82) is 0 Å². The van der Waals surface area contributed by atoms with Gasteiger partial charge in [0.2, 0.25) is 0 Å². The molecule has 2 aromatic carbocycles. The molecule has 0 heterocycles. The maximum atomic E-state index is 12.4. The van der Waals surface area contributed by atoms with Crippen molar-refractivity contribution in [3.8, 4) is 0 Å². The number of aliphatic hydroxyl groups excluding tert-OH is 1. The lowest BCUT2D eigenvalue weighted by Crippen LogP contribution is -2.39. The van der Waals surface area contributed by atoms with Gasteiger partial charge in [-0.25, -0.2) is 4.79 Å². The highest BCUT2D eigenvalue weighted by Gasteiger charge is 2.26. The third kappa shape index (κ3) is 3.85. The first-order valence-electron chi connectivity index (χ1n) is 8.14. The fourth-order valence-corrected chi connectivity index (χ4v) is 3.55. The zero-order valence-corrected chi connectivity index (χ0v) is 15.2. The number of hydrogen-bond acceptors (Lipinski definition) is 3. The molecule has 2 unspecified atom stereocenters. The second-order valence-electron chi connectivity index (χ2n) is 6.27. The second-order valence-corrected chi connectivity index (χ2v) is 7.08. The highest BCUT2D eigenvalue weighted by molar-refractivity contribution is 6.42. The Labute approximate surface area is 160 Å². The standard InChI is InChI=1S/C19H17Cl2NO4/c20-15-7-4-11(9-16(15)21)18(24)22-12-5-6-13-10(8-12)2-1-3-14(13)17(23)19(25)26/h1-4,7,9,12,17,23H,5-6,8H2,(H,22,24)(H,25,26). The predicted molar refractivity (Wildman–Crippen MR) is 98.8 cm³/mol. The first kappa shape index (κ1) is 18.7. The molecule has 0 saturated carbocycles. The van der Waals surface area contributed by atoms with E-state index >= 15 is 0 Å². The van der Waals surface area contributed by atoms with E-state index in [0.717, 1.165) is 11.1 Å². The van der Waals surface area contributed by atoms with E-state index in [-0.39, 0.29) is 11.9 Å². The number of carbonyl (C=O) groups is 2. The quantitative estimate of drug-likeness (QED) is 0.742. The summed E-state index contributed by atoms with van der Waals surface area (Å²) in [6.07, 6.45) is 0.279. The van der Waals surface area contributed by atoms with E-state index < -0.39 is 12.1 Å². The summed E-state index contributed by atoms with van der Waals surface area (Å²) in [6.45, 7) is 0. The molecule has 0 bridgehead atoms. The number of aliphatic hydroxyl groups is 1. The van der Waals surface area contributed by atoms with Gasteiger partial charge in [-0.15, -0.1) is 0 Å². The van der Waals surface area contributed by atoms with Crippen LogP contribution in [0.25, 0.3) is 0 Å². The minimum Gasteiger partial charge on any atom is -0.479 e. The molecule has 3 N–H and O–H groups in total. The summed E-state index contributed by atoms with van der Waals surface area (Å²) in [7, 11) is 0. The van der Waals surface area contributed by atoms with E-state index in [0.29, 0.717) is 40.4 Å². The van der Waals surface area contributed by atoms with E-state index in [4.69, 9.17) is 28.3 Å². The number of halogens is 2. The molecular weight excluding hydrogens is 377 g/mol. The molecule has 1 aliphatic carbocycles. The van der Waals surface area contributed by atoms with E-state index in [9.17, 15) is 14.7 Å². The summed E-state index contributed by atoms with van der Waals surface area (Å²) >= 11 is 11.8. The van der Waals surface area contributed by atoms with Crippen LogP contribution in [-0.2, 0) is 17.6 Å². The Kier molecular flexibility index (Phi) is 5.51. The molecule has 5 nitrogen and oxygen atoms in total. The van der Waals surface area contributed by atoms with Crippen LogP contribution < -0.4 is 5.32 Å². The molecule has 0 aliphatic heterocycles. The van der Waals surface area contributed by atoms with Gasteiger partial charge >= 0.3 is 5.97 Å². The Morgan fingerprint density at radius 1 is 1.15 bits per heavy atom. The Morgan fingerprint density at radius 2 is 1.92 bits per heavy atom. The fourth-order valence-electron chi connectivity index (χ4n) is 3.26. The monoisotopic (exact) mass is 393 g/mol. The lowest BCUT2D eigenvalue weighted by Gasteiger charge is -2.28. The van der Waals surface area contributed by atoms with Crippen LogP contribution in [0.15, 0.2) is 36.4 Å². The lowest BCUT2D eigenvalue weighted by atomic mass is 9.84. The van der Waals surface area contributed by atoms with Gasteiger partial charge in [0.1, 0.15) is 0 Å². The van der Waals surface area contributed by atoms with Gasteiger partial charge in [0.25, 0.3) is 5.91 Å². The van der Waals surface area contributed by atoms with Gasteiger partial charge in [0.15, 0.2) is 6.10 Å². The maximum absolute atomic E-state index is 12.4. The molecule has 2 aromatic rings. The third-order valence-electron chi connectivity index (χ3n) is 4.56. The zero-order valence-electron chi connectivity index (χ0n) is 13.7. The van der Waals surface area contributed by atoms with Crippen molar-refractivity contribution in [3.05, 3.63) is 68.7 Å². The van der Waals surface area contributed by atoms with E-state index in [1.807, 2.05) is 6.07 Å². The lowest BCUT2D eigenvalue weighted by molar-refractivity contribution is -0.147. The number of benzene rings is 2. The number of carboxylic acid groups (broad SMARTS) is 1. The SMILES string of the molecule is O=C(NC1CCc2c(cccc2C(O)C(=O)O)C1)c1ccc(Cl)c(Cl)c1.